The molecule has 0 radical (unpaired) electrons. The molecule has 5 heterocycles. The van der Waals surface area contributed by atoms with Gasteiger partial charge in [-0.05, 0) is 111 Å². The first-order chi connectivity index (χ1) is 32.6. The van der Waals surface area contributed by atoms with Crippen LogP contribution in [0.2, 0.25) is 0 Å². The van der Waals surface area contributed by atoms with Crippen LogP contribution < -0.4 is 21.3 Å². The van der Waals surface area contributed by atoms with Gasteiger partial charge in [-0.25, -0.2) is 0 Å². The zero-order chi connectivity index (χ0) is 45.1. The Bertz CT molecular complexity index is 4000. The Hall–Kier alpha value is -7.76. The van der Waals surface area contributed by atoms with Crippen LogP contribution in [0.1, 0.15) is 52.7 Å². The average Bonchev–Trinajstić information content (AvgIpc) is 3.98. The fourth-order valence-corrected chi connectivity index (χ4v) is 12.1. The van der Waals surface area contributed by atoms with Crippen molar-refractivity contribution in [2.24, 2.45) is 0 Å². The third-order valence-electron chi connectivity index (χ3n) is 15.1. The highest BCUT2D eigenvalue weighted by Crippen LogP contribution is 2.48. The molecule has 67 heavy (non-hydrogen) atoms. The first-order valence-electron chi connectivity index (χ1n) is 23.8. The van der Waals surface area contributed by atoms with E-state index in [9.17, 15) is 0 Å². The second kappa shape index (κ2) is 13.4. The lowest BCUT2D eigenvalue weighted by Crippen LogP contribution is -2.60. The van der Waals surface area contributed by atoms with Crippen molar-refractivity contribution in [2.75, 3.05) is 4.90 Å². The molecular formula is C62H49BN4. The minimum Gasteiger partial charge on any atom is -0.310 e. The van der Waals surface area contributed by atoms with Crippen LogP contribution in [0.4, 0.5) is 17.1 Å². The van der Waals surface area contributed by atoms with E-state index in [0.717, 1.165) is 5.69 Å². The van der Waals surface area contributed by atoms with Crippen LogP contribution in [-0.2, 0) is 10.8 Å². The van der Waals surface area contributed by atoms with Crippen LogP contribution in [-0.4, -0.2) is 20.4 Å². The van der Waals surface area contributed by atoms with Crippen LogP contribution in [0, 0.1) is 0 Å². The summed E-state index contributed by atoms with van der Waals surface area (Å²) in [6.07, 6.45) is 0. The summed E-state index contributed by atoms with van der Waals surface area (Å²) in [4.78, 5) is 2.60. The van der Waals surface area contributed by atoms with Crippen LogP contribution in [0.25, 0.3) is 82.5 Å². The molecule has 5 heteroatoms. The predicted octanol–water partition coefficient (Wildman–Crippen LogP) is 14.2. The van der Waals surface area contributed by atoms with Gasteiger partial charge in [0, 0.05) is 60.6 Å². The number of rotatable bonds is 3. The van der Waals surface area contributed by atoms with Crippen molar-refractivity contribution < 1.29 is 0 Å². The van der Waals surface area contributed by atoms with Crippen molar-refractivity contribution in [3.63, 3.8) is 0 Å². The minimum atomic E-state index is -0.0453. The predicted molar refractivity (Wildman–Crippen MR) is 286 cm³/mol. The largest absolute Gasteiger partial charge is 0.310 e. The van der Waals surface area contributed by atoms with Crippen LogP contribution >= 0.6 is 0 Å². The molecule has 3 aromatic heterocycles. The molecule has 0 saturated heterocycles. The maximum Gasteiger partial charge on any atom is 0.252 e. The van der Waals surface area contributed by atoms with E-state index >= 15 is 0 Å². The number of anilines is 3. The molecule has 0 saturated carbocycles. The van der Waals surface area contributed by atoms with Gasteiger partial charge in [0.1, 0.15) is 0 Å². The lowest BCUT2D eigenvalue weighted by molar-refractivity contribution is 0.590. The Morgan fingerprint density at radius 1 is 0.358 bits per heavy atom. The van der Waals surface area contributed by atoms with Crippen molar-refractivity contribution in [1.82, 2.24) is 13.7 Å². The Labute approximate surface area is 391 Å². The molecule has 0 atom stereocenters. The standard InChI is InChI=1S/C62H49BN4/c1-61(2,3)38-27-30-41(31-28-38)65-51-32-29-39(62(4,5)6)37-47(51)63-46-23-16-22-45-57-53(34-33-52-56(57)44-21-12-15-26-50(44)64(52)40-17-8-7-9-18-40)67(59(45)46)54-35-36-55(60(65)58(54)63)66-48-24-13-10-19-42(48)43-20-11-14-25-49(43)66/h7-37H,1-6H3. The molecule has 0 N–H and O–H groups in total. The highest BCUT2D eigenvalue weighted by atomic mass is 15.2. The molecule has 0 fully saturated rings. The van der Waals surface area contributed by atoms with E-state index in [2.05, 4.69) is 248 Å². The smallest absolute Gasteiger partial charge is 0.252 e. The molecular weight excluding hydrogens is 812 g/mol. The molecule has 320 valence electrons. The van der Waals surface area contributed by atoms with Crippen LogP contribution in [0.15, 0.2) is 188 Å². The maximum atomic E-state index is 2.62. The van der Waals surface area contributed by atoms with Gasteiger partial charge in [0.05, 0.1) is 39.0 Å². The van der Waals surface area contributed by atoms with E-state index in [1.54, 1.807) is 0 Å². The van der Waals surface area contributed by atoms with Gasteiger partial charge in [0.25, 0.3) is 6.71 Å². The third-order valence-corrected chi connectivity index (χ3v) is 15.1. The van der Waals surface area contributed by atoms with Gasteiger partial charge < -0.3 is 18.6 Å². The molecule has 2 aliphatic heterocycles. The number of para-hydroxylation sites is 5. The summed E-state index contributed by atoms with van der Waals surface area (Å²) in [6.45, 7) is 13.9. The molecule has 0 unspecified atom stereocenters. The van der Waals surface area contributed by atoms with Crippen molar-refractivity contribution in [3.05, 3.63) is 199 Å². The van der Waals surface area contributed by atoms with Gasteiger partial charge in [-0.3, -0.25) is 0 Å². The highest BCUT2D eigenvalue weighted by molar-refractivity contribution is 7.00. The Morgan fingerprint density at radius 3 is 1.57 bits per heavy atom. The molecule has 2 aliphatic rings. The van der Waals surface area contributed by atoms with Gasteiger partial charge in [-0.2, -0.15) is 0 Å². The van der Waals surface area contributed by atoms with Crippen molar-refractivity contribution in [1.29, 1.82) is 0 Å². The Morgan fingerprint density at radius 2 is 0.896 bits per heavy atom. The summed E-state index contributed by atoms with van der Waals surface area (Å²) in [5.74, 6) is 0. The van der Waals surface area contributed by atoms with Crippen LogP contribution in [0.5, 0.6) is 0 Å². The molecule has 14 rings (SSSR count). The summed E-state index contributed by atoms with van der Waals surface area (Å²) in [7, 11) is 0. The molecule has 0 amide bonds. The molecule has 4 nitrogen and oxygen atoms in total. The monoisotopic (exact) mass is 860 g/mol. The fraction of sp³-hybridized carbons (Fsp3) is 0.129. The van der Waals surface area contributed by atoms with Crippen molar-refractivity contribution >= 4 is 106 Å². The zero-order valence-electron chi connectivity index (χ0n) is 38.8. The van der Waals surface area contributed by atoms with Gasteiger partial charge in [-0.15, -0.1) is 0 Å². The number of hydrogen-bond donors (Lipinski definition) is 0. The zero-order valence-corrected chi connectivity index (χ0v) is 38.8. The first kappa shape index (κ1) is 38.5. The van der Waals surface area contributed by atoms with E-state index in [-0.39, 0.29) is 17.5 Å². The average molecular weight is 861 g/mol. The lowest BCUT2D eigenvalue weighted by Gasteiger charge is -2.42. The second-order valence-electron chi connectivity index (χ2n) is 20.9. The number of hydrogen-bond acceptors (Lipinski definition) is 1. The van der Waals surface area contributed by atoms with Crippen molar-refractivity contribution in [3.8, 4) is 17.1 Å². The fourth-order valence-electron chi connectivity index (χ4n) is 12.1. The normalized spacial score (nSPS) is 13.5. The van der Waals surface area contributed by atoms with Gasteiger partial charge in [0.15, 0.2) is 0 Å². The van der Waals surface area contributed by atoms with Gasteiger partial charge >= 0.3 is 0 Å². The van der Waals surface area contributed by atoms with E-state index in [1.165, 1.54) is 121 Å². The minimum absolute atomic E-state index is 0.0223. The molecule has 9 aromatic carbocycles. The maximum absolute atomic E-state index is 2.62. The van der Waals surface area contributed by atoms with E-state index in [4.69, 9.17) is 0 Å². The van der Waals surface area contributed by atoms with E-state index < -0.39 is 0 Å². The van der Waals surface area contributed by atoms with Crippen LogP contribution in [0.3, 0.4) is 0 Å². The van der Waals surface area contributed by atoms with E-state index in [0.29, 0.717) is 0 Å². The first-order valence-corrected chi connectivity index (χ1v) is 23.8. The number of nitrogens with zero attached hydrogens (tertiary/aromatic N) is 4. The summed E-state index contributed by atoms with van der Waals surface area (Å²) in [5, 5.41) is 7.68. The Balaban J connectivity index is 1.17. The highest BCUT2D eigenvalue weighted by Gasteiger charge is 2.44. The molecule has 0 bridgehead atoms. The molecule has 12 aromatic rings. The second-order valence-corrected chi connectivity index (χ2v) is 20.9. The topological polar surface area (TPSA) is 18.0 Å². The summed E-state index contributed by atoms with van der Waals surface area (Å²) in [6, 6.07) is 71.2. The number of benzene rings is 9. The quantitative estimate of drug-likeness (QED) is 0.162. The van der Waals surface area contributed by atoms with Crippen molar-refractivity contribution in [2.45, 2.75) is 52.4 Å². The molecule has 0 spiro atoms. The molecule has 0 aliphatic carbocycles. The summed E-state index contributed by atoms with van der Waals surface area (Å²) < 4.78 is 7.61. The Kier molecular flexibility index (Phi) is 7.71. The summed E-state index contributed by atoms with van der Waals surface area (Å²) >= 11 is 0. The van der Waals surface area contributed by atoms with Gasteiger partial charge in [-0.1, -0.05) is 157 Å². The number of fused-ring (bicyclic) bond motifs is 14. The van der Waals surface area contributed by atoms with Gasteiger partial charge in [0.2, 0.25) is 0 Å². The van der Waals surface area contributed by atoms with E-state index in [1.807, 2.05) is 0 Å². The SMILES string of the molecule is CC(C)(C)c1ccc(N2c3ccc(C(C)(C)C)cc3B3c4c(ccc(-n5c6ccccc6c6ccccc65)c42)-n2c4ccc5c(c6ccccc6n5-c5ccccc5)c4c4cccc3c42)cc1. The number of aromatic nitrogens is 3. The summed E-state index contributed by atoms with van der Waals surface area (Å²) in [5.41, 5.74) is 21.2. The third kappa shape index (κ3) is 5.20. The lowest BCUT2D eigenvalue weighted by atomic mass is 9.33.